The van der Waals surface area contributed by atoms with E-state index in [2.05, 4.69) is 5.10 Å². The molecule has 0 radical (unpaired) electrons. The van der Waals surface area contributed by atoms with Crippen LogP contribution in [0.5, 0.6) is 0 Å². The molecule has 0 saturated carbocycles. The number of rotatable bonds is 8. The van der Waals surface area contributed by atoms with Gasteiger partial charge < -0.3 is 19.3 Å². The van der Waals surface area contributed by atoms with Gasteiger partial charge in [0.2, 0.25) is 5.91 Å². The summed E-state index contributed by atoms with van der Waals surface area (Å²) in [6, 6.07) is 2.38. The molecule has 4 aliphatic rings. The zero-order chi connectivity index (χ0) is 30.9. The number of hydrogen-bond acceptors (Lipinski definition) is 6. The number of alkyl halides is 3. The first-order valence-electron chi connectivity index (χ1n) is 13.9. The van der Waals surface area contributed by atoms with Crippen molar-refractivity contribution in [1.29, 1.82) is 0 Å². The number of methoxy groups -OCH3 is 2. The van der Waals surface area contributed by atoms with Crippen LogP contribution in [-0.4, -0.2) is 68.2 Å². The third-order valence-corrected chi connectivity index (χ3v) is 7.84. The van der Waals surface area contributed by atoms with Gasteiger partial charge in [-0.05, 0) is 48.8 Å². The summed E-state index contributed by atoms with van der Waals surface area (Å²) in [5.74, 6) is -0.777. The lowest BCUT2D eigenvalue weighted by Crippen LogP contribution is -2.36. The van der Waals surface area contributed by atoms with E-state index in [1.54, 1.807) is 32.4 Å². The molecule has 0 spiro atoms. The Hall–Kier alpha value is -4.35. The molecule has 2 atom stereocenters. The molecule has 2 aliphatic heterocycles. The molecular weight excluding hydrogens is 568 g/mol. The van der Waals surface area contributed by atoms with Crippen molar-refractivity contribution in [1.82, 2.24) is 9.80 Å². The molecule has 2 aliphatic carbocycles. The normalized spacial score (nSPS) is 21.8. The average Bonchev–Trinajstić information content (AvgIpc) is 3.32. The van der Waals surface area contributed by atoms with Gasteiger partial charge in [-0.2, -0.15) is 23.3 Å². The van der Waals surface area contributed by atoms with Crippen molar-refractivity contribution in [2.45, 2.75) is 25.4 Å². The minimum absolute atomic E-state index is 0.0208. The van der Waals surface area contributed by atoms with Gasteiger partial charge in [-0.3, -0.25) is 9.59 Å². The number of allylic oxidation sites excluding steroid dienone is 2. The number of hydrazone groups is 1. The first-order valence-corrected chi connectivity index (χ1v) is 13.9. The molecule has 2 unspecified atom stereocenters. The Labute approximate surface area is 246 Å². The number of ether oxygens (including phenoxy) is 2. The number of hydrogen-bond donors (Lipinski definition) is 0. The first kappa shape index (κ1) is 30.1. The van der Waals surface area contributed by atoms with Crippen LogP contribution < -0.4 is 5.01 Å². The van der Waals surface area contributed by atoms with E-state index in [1.165, 1.54) is 0 Å². The van der Waals surface area contributed by atoms with Crippen LogP contribution in [0.1, 0.15) is 24.8 Å². The molecule has 2 heterocycles. The molecule has 0 bridgehead atoms. The van der Waals surface area contributed by atoms with Crippen molar-refractivity contribution in [3.63, 3.8) is 0 Å². The van der Waals surface area contributed by atoms with E-state index in [1.807, 2.05) is 35.3 Å². The summed E-state index contributed by atoms with van der Waals surface area (Å²) in [5, 5.41) is 5.11. The zero-order valence-electron chi connectivity index (χ0n) is 24.0. The molecule has 2 amide bonds. The Morgan fingerprint density at radius 2 is 1.91 bits per heavy atom. The summed E-state index contributed by atoms with van der Waals surface area (Å²) >= 11 is 0. The Bertz CT molecular complexity index is 1490. The maximum atomic E-state index is 13.7. The number of halogens is 4. The Kier molecular flexibility index (Phi) is 8.48. The number of fused-ring (bicyclic) bond motifs is 1. The van der Waals surface area contributed by atoms with Crippen LogP contribution >= 0.6 is 0 Å². The lowest BCUT2D eigenvalue weighted by molar-refractivity contribution is -0.140. The van der Waals surface area contributed by atoms with Crippen molar-refractivity contribution >= 4 is 23.2 Å². The van der Waals surface area contributed by atoms with Crippen molar-refractivity contribution in [3.05, 3.63) is 88.8 Å². The topological polar surface area (TPSA) is 74.7 Å². The van der Waals surface area contributed by atoms with Crippen LogP contribution in [0.4, 0.5) is 23.2 Å². The average molecular weight is 601 g/mol. The fraction of sp³-hybridized carbons (Fsp3) is 0.387. The number of nitrogens with zero attached hydrogens (tertiary/aromatic N) is 4. The van der Waals surface area contributed by atoms with Gasteiger partial charge in [0.1, 0.15) is 5.82 Å². The first-order chi connectivity index (χ1) is 20.5. The van der Waals surface area contributed by atoms with E-state index < -0.39 is 23.5 Å². The summed E-state index contributed by atoms with van der Waals surface area (Å²) < 4.78 is 64.0. The van der Waals surface area contributed by atoms with Gasteiger partial charge in [0.15, 0.2) is 11.5 Å². The molecule has 0 N–H and O–H groups in total. The van der Waals surface area contributed by atoms with Crippen LogP contribution in [0.3, 0.4) is 0 Å². The maximum absolute atomic E-state index is 13.7. The van der Waals surface area contributed by atoms with Crippen LogP contribution in [-0.2, 0) is 25.2 Å². The van der Waals surface area contributed by atoms with Gasteiger partial charge in [-0.25, -0.2) is 4.39 Å². The molecule has 12 heteroatoms. The standard InChI is InChI=1S/C31H32F4N4O4/c1-37(16-20-6-11-27(42-2)28(14-20)43-3)29(40)21-7-4-19(5-8-21)17-38-13-12-26-23(18-38)30(41)39(36-26)22-9-10-25(32)24(15-22)31(33,34)35/h4-5,7,9-11,14-15,18,20-21H,6,8,12-13,16-17H2,1-3H3. The van der Waals surface area contributed by atoms with Crippen molar-refractivity contribution in [2.24, 2.45) is 16.9 Å². The Morgan fingerprint density at radius 3 is 2.58 bits per heavy atom. The van der Waals surface area contributed by atoms with Gasteiger partial charge in [0, 0.05) is 45.2 Å². The number of carbonyl (C=O) groups is 2. The third kappa shape index (κ3) is 6.37. The van der Waals surface area contributed by atoms with Gasteiger partial charge in [0.05, 0.1) is 42.7 Å². The van der Waals surface area contributed by atoms with E-state index in [4.69, 9.17) is 9.47 Å². The highest BCUT2D eigenvalue weighted by atomic mass is 19.4. The lowest BCUT2D eigenvalue weighted by atomic mass is 9.93. The fourth-order valence-corrected chi connectivity index (χ4v) is 5.56. The van der Waals surface area contributed by atoms with Crippen molar-refractivity contribution in [3.8, 4) is 0 Å². The summed E-state index contributed by atoms with van der Waals surface area (Å²) in [7, 11) is 4.97. The van der Waals surface area contributed by atoms with Crippen molar-refractivity contribution in [2.75, 3.05) is 45.9 Å². The molecule has 8 nitrogen and oxygen atoms in total. The largest absolute Gasteiger partial charge is 0.493 e. The molecule has 5 rings (SSSR count). The molecule has 0 fully saturated rings. The minimum atomic E-state index is -4.90. The van der Waals surface area contributed by atoms with E-state index in [9.17, 15) is 27.2 Å². The van der Waals surface area contributed by atoms with Gasteiger partial charge >= 0.3 is 6.18 Å². The monoisotopic (exact) mass is 600 g/mol. The highest BCUT2D eigenvalue weighted by Gasteiger charge is 2.38. The SMILES string of the molecule is COC1=CCC(CN(C)C(=O)C2C=CC(CN3C=C4C(=O)N(c5ccc(F)c(C(F)(F)F)c5)N=C4CC3)=CC2)C=C1OC. The fourth-order valence-electron chi connectivity index (χ4n) is 5.56. The Balaban J connectivity index is 1.18. The van der Waals surface area contributed by atoms with Gasteiger partial charge in [0.25, 0.3) is 5.91 Å². The third-order valence-electron chi connectivity index (χ3n) is 7.84. The minimum Gasteiger partial charge on any atom is -0.493 e. The van der Waals surface area contributed by atoms with E-state index >= 15 is 0 Å². The Morgan fingerprint density at radius 1 is 1.14 bits per heavy atom. The van der Waals surface area contributed by atoms with Crippen LogP contribution in [0.2, 0.25) is 0 Å². The highest BCUT2D eigenvalue weighted by molar-refractivity contribution is 6.30. The second-order valence-corrected chi connectivity index (χ2v) is 10.8. The highest BCUT2D eigenvalue weighted by Crippen LogP contribution is 2.36. The summed E-state index contributed by atoms with van der Waals surface area (Å²) in [6.45, 7) is 1.59. The smallest absolute Gasteiger partial charge is 0.419 e. The number of carbonyl (C=O) groups excluding carboxylic acids is 2. The van der Waals surface area contributed by atoms with Crippen molar-refractivity contribution < 1.29 is 36.6 Å². The van der Waals surface area contributed by atoms with Crippen LogP contribution in [0.15, 0.2) is 82.5 Å². The van der Waals surface area contributed by atoms with E-state index in [0.717, 1.165) is 23.1 Å². The number of anilines is 1. The molecule has 43 heavy (non-hydrogen) atoms. The van der Waals surface area contributed by atoms with E-state index in [-0.39, 0.29) is 23.4 Å². The van der Waals surface area contributed by atoms with Crippen LogP contribution in [0.25, 0.3) is 0 Å². The summed E-state index contributed by atoms with van der Waals surface area (Å²) in [5.41, 5.74) is 0.144. The molecule has 1 aromatic carbocycles. The predicted molar refractivity (Wildman–Crippen MR) is 152 cm³/mol. The molecule has 0 aromatic heterocycles. The van der Waals surface area contributed by atoms with Gasteiger partial charge in [-0.1, -0.05) is 18.2 Å². The quantitative estimate of drug-likeness (QED) is 0.385. The predicted octanol–water partition coefficient (Wildman–Crippen LogP) is 5.18. The molecule has 228 valence electrons. The second-order valence-electron chi connectivity index (χ2n) is 10.8. The molecule has 0 saturated heterocycles. The van der Waals surface area contributed by atoms with Gasteiger partial charge in [-0.15, -0.1) is 0 Å². The second kappa shape index (κ2) is 12.1. The summed E-state index contributed by atoms with van der Waals surface area (Å²) in [4.78, 5) is 29.9. The lowest BCUT2D eigenvalue weighted by Gasteiger charge is -2.29. The maximum Gasteiger partial charge on any atom is 0.419 e. The van der Waals surface area contributed by atoms with E-state index in [0.29, 0.717) is 67.4 Å². The summed E-state index contributed by atoms with van der Waals surface area (Å²) in [6.07, 6.45) is 8.24. The molecular formula is C31H32F4N4O4. The number of amides is 2. The van der Waals surface area contributed by atoms with Crippen LogP contribution in [0, 0.1) is 17.7 Å². The molecule has 1 aromatic rings. The number of benzene rings is 1. The zero-order valence-corrected chi connectivity index (χ0v) is 24.0.